The van der Waals surface area contributed by atoms with E-state index in [1.165, 1.54) is 0 Å². The molecule has 1 amide bonds. The van der Waals surface area contributed by atoms with E-state index in [9.17, 15) is 4.79 Å². The largest absolute Gasteiger partial charge is 0.399 e. The number of anilines is 2. The Morgan fingerprint density at radius 3 is 2.81 bits per heavy atom. The topological polar surface area (TPSA) is 46.3 Å². The van der Waals surface area contributed by atoms with Gasteiger partial charge in [-0.15, -0.1) is 0 Å². The number of nitrogens with zero attached hydrogens (tertiary/aromatic N) is 1. The maximum absolute atomic E-state index is 12.8. The normalized spacial score (nSPS) is 13.9. The lowest BCUT2D eigenvalue weighted by atomic mass is 10.00. The SMILES string of the molecule is Nc1ccc2c(c1)CCCN2C(=O)c1ccc(Cl)cc1Br. The number of nitrogens with two attached hydrogens (primary N) is 1. The molecule has 0 bridgehead atoms. The quantitative estimate of drug-likeness (QED) is 0.767. The summed E-state index contributed by atoms with van der Waals surface area (Å²) in [6.45, 7) is 0.713. The van der Waals surface area contributed by atoms with Crippen LogP contribution < -0.4 is 10.6 Å². The molecule has 2 N–H and O–H groups in total. The van der Waals surface area contributed by atoms with Crippen LogP contribution in [0.4, 0.5) is 11.4 Å². The number of benzene rings is 2. The number of hydrogen-bond donors (Lipinski definition) is 1. The van der Waals surface area contributed by atoms with Gasteiger partial charge in [-0.25, -0.2) is 0 Å². The van der Waals surface area contributed by atoms with E-state index in [1.807, 2.05) is 23.1 Å². The summed E-state index contributed by atoms with van der Waals surface area (Å²) in [7, 11) is 0. The lowest BCUT2D eigenvalue weighted by Crippen LogP contribution is -2.35. The van der Waals surface area contributed by atoms with Gasteiger partial charge in [0.25, 0.3) is 5.91 Å². The molecule has 0 spiro atoms. The van der Waals surface area contributed by atoms with Crippen molar-refractivity contribution in [2.45, 2.75) is 12.8 Å². The molecule has 0 fully saturated rings. The second kappa shape index (κ2) is 5.70. The summed E-state index contributed by atoms with van der Waals surface area (Å²) >= 11 is 9.35. The van der Waals surface area contributed by atoms with Crippen molar-refractivity contribution in [2.75, 3.05) is 17.2 Å². The van der Waals surface area contributed by atoms with Gasteiger partial charge >= 0.3 is 0 Å². The Hall–Kier alpha value is -1.52. The maximum atomic E-state index is 12.8. The summed E-state index contributed by atoms with van der Waals surface area (Å²) < 4.78 is 0.711. The summed E-state index contributed by atoms with van der Waals surface area (Å²) in [6.07, 6.45) is 1.89. The number of rotatable bonds is 1. The van der Waals surface area contributed by atoms with Crippen LogP contribution in [0.15, 0.2) is 40.9 Å². The number of fused-ring (bicyclic) bond motifs is 1. The van der Waals surface area contributed by atoms with Crippen molar-refractivity contribution < 1.29 is 4.79 Å². The average molecular weight is 366 g/mol. The highest BCUT2D eigenvalue weighted by molar-refractivity contribution is 9.10. The maximum Gasteiger partial charge on any atom is 0.259 e. The van der Waals surface area contributed by atoms with Crippen LogP contribution in [0.3, 0.4) is 0 Å². The lowest BCUT2D eigenvalue weighted by molar-refractivity contribution is 0.0984. The lowest BCUT2D eigenvalue weighted by Gasteiger charge is -2.30. The zero-order chi connectivity index (χ0) is 15.0. The van der Waals surface area contributed by atoms with Crippen molar-refractivity contribution in [3.63, 3.8) is 0 Å². The Kier molecular flexibility index (Phi) is 3.91. The summed E-state index contributed by atoms with van der Waals surface area (Å²) in [6, 6.07) is 10.9. The highest BCUT2D eigenvalue weighted by Crippen LogP contribution is 2.31. The Balaban J connectivity index is 2.00. The third-order valence-corrected chi connectivity index (χ3v) is 4.52. The van der Waals surface area contributed by atoms with Gasteiger partial charge in [-0.1, -0.05) is 11.6 Å². The van der Waals surface area contributed by atoms with Crippen LogP contribution in [0.1, 0.15) is 22.3 Å². The minimum Gasteiger partial charge on any atom is -0.399 e. The summed E-state index contributed by atoms with van der Waals surface area (Å²) in [5, 5.41) is 0.602. The van der Waals surface area contributed by atoms with Crippen molar-refractivity contribution in [1.29, 1.82) is 0 Å². The smallest absolute Gasteiger partial charge is 0.259 e. The average Bonchev–Trinajstić information content (AvgIpc) is 2.45. The van der Waals surface area contributed by atoms with E-state index in [1.54, 1.807) is 18.2 Å². The molecule has 2 aromatic carbocycles. The fourth-order valence-electron chi connectivity index (χ4n) is 2.64. The number of halogens is 2. The first-order valence-electron chi connectivity index (χ1n) is 6.71. The van der Waals surface area contributed by atoms with Crippen LogP contribution in [0.25, 0.3) is 0 Å². The standard InChI is InChI=1S/C16H14BrClN2O/c17-14-9-11(18)3-5-13(14)16(21)20-7-1-2-10-8-12(19)4-6-15(10)20/h3-6,8-9H,1-2,7,19H2. The molecule has 1 heterocycles. The number of hydrogen-bond acceptors (Lipinski definition) is 2. The van der Waals surface area contributed by atoms with Gasteiger partial charge in [-0.05, 0) is 70.7 Å². The molecule has 0 saturated heterocycles. The van der Waals surface area contributed by atoms with Crippen molar-refractivity contribution in [3.05, 3.63) is 57.0 Å². The molecule has 3 nitrogen and oxygen atoms in total. The molecule has 0 aliphatic carbocycles. The number of nitrogen functional groups attached to an aromatic ring is 1. The molecule has 0 radical (unpaired) electrons. The third-order valence-electron chi connectivity index (χ3n) is 3.63. The molecule has 0 atom stereocenters. The summed E-state index contributed by atoms with van der Waals surface area (Å²) in [4.78, 5) is 14.6. The van der Waals surface area contributed by atoms with Gasteiger partial charge in [0.15, 0.2) is 0 Å². The van der Waals surface area contributed by atoms with Gasteiger partial charge in [0.05, 0.1) is 5.56 Å². The predicted octanol–water partition coefficient (Wildman–Crippen LogP) is 4.28. The first kappa shape index (κ1) is 14.4. The molecule has 1 aliphatic heterocycles. The molecular formula is C16H14BrClN2O. The Bertz CT molecular complexity index is 717. The molecule has 21 heavy (non-hydrogen) atoms. The molecule has 0 aromatic heterocycles. The van der Waals surface area contributed by atoms with Gasteiger partial charge in [-0.3, -0.25) is 4.79 Å². The third kappa shape index (κ3) is 2.78. The van der Waals surface area contributed by atoms with Crippen LogP contribution in [0, 0.1) is 0 Å². The zero-order valence-corrected chi connectivity index (χ0v) is 13.6. The van der Waals surface area contributed by atoms with Crippen molar-refractivity contribution in [1.82, 2.24) is 0 Å². The minimum absolute atomic E-state index is 0.0238. The summed E-state index contributed by atoms with van der Waals surface area (Å²) in [5.74, 6) is -0.0238. The van der Waals surface area contributed by atoms with Crippen LogP contribution in [0.2, 0.25) is 5.02 Å². The molecule has 3 rings (SSSR count). The number of carbonyl (C=O) groups is 1. The van der Waals surface area contributed by atoms with Gasteiger partial charge < -0.3 is 10.6 Å². The second-order valence-corrected chi connectivity index (χ2v) is 6.36. The molecule has 5 heteroatoms. The molecule has 108 valence electrons. The number of carbonyl (C=O) groups excluding carboxylic acids is 1. The van der Waals surface area contributed by atoms with Gasteiger partial charge in [0, 0.05) is 27.4 Å². The monoisotopic (exact) mass is 364 g/mol. The van der Waals surface area contributed by atoms with Crippen molar-refractivity contribution in [2.24, 2.45) is 0 Å². The van der Waals surface area contributed by atoms with Crippen LogP contribution >= 0.6 is 27.5 Å². The fraction of sp³-hybridized carbons (Fsp3) is 0.188. The van der Waals surface area contributed by atoms with E-state index in [0.717, 1.165) is 29.8 Å². The highest BCUT2D eigenvalue weighted by atomic mass is 79.9. The molecule has 0 saturated carbocycles. The molecule has 0 unspecified atom stereocenters. The molecule has 2 aromatic rings. The summed E-state index contributed by atoms with van der Waals surface area (Å²) in [5.41, 5.74) is 9.25. The minimum atomic E-state index is -0.0238. The zero-order valence-electron chi connectivity index (χ0n) is 11.3. The van der Waals surface area contributed by atoms with Gasteiger partial charge in [0.1, 0.15) is 0 Å². The van der Waals surface area contributed by atoms with E-state index in [-0.39, 0.29) is 5.91 Å². The highest BCUT2D eigenvalue weighted by Gasteiger charge is 2.24. The van der Waals surface area contributed by atoms with E-state index >= 15 is 0 Å². The fourth-order valence-corrected chi connectivity index (χ4v) is 3.49. The van der Waals surface area contributed by atoms with Gasteiger partial charge in [0.2, 0.25) is 0 Å². The molecule has 1 aliphatic rings. The first-order chi connectivity index (χ1) is 10.1. The Morgan fingerprint density at radius 2 is 2.05 bits per heavy atom. The van der Waals surface area contributed by atoms with Gasteiger partial charge in [-0.2, -0.15) is 0 Å². The second-order valence-electron chi connectivity index (χ2n) is 5.07. The van der Waals surface area contributed by atoms with Crippen LogP contribution in [0.5, 0.6) is 0 Å². The van der Waals surface area contributed by atoms with Crippen molar-refractivity contribution in [3.8, 4) is 0 Å². The van der Waals surface area contributed by atoms with E-state index in [4.69, 9.17) is 17.3 Å². The Morgan fingerprint density at radius 1 is 1.24 bits per heavy atom. The molecular weight excluding hydrogens is 352 g/mol. The van der Waals surface area contributed by atoms with E-state index < -0.39 is 0 Å². The number of amides is 1. The number of aryl methyl sites for hydroxylation is 1. The first-order valence-corrected chi connectivity index (χ1v) is 7.88. The van der Waals surface area contributed by atoms with Crippen LogP contribution in [-0.4, -0.2) is 12.5 Å². The van der Waals surface area contributed by atoms with E-state index in [2.05, 4.69) is 15.9 Å². The van der Waals surface area contributed by atoms with Crippen molar-refractivity contribution >= 4 is 44.8 Å². The Labute approximate surface area is 136 Å². The van der Waals surface area contributed by atoms with E-state index in [0.29, 0.717) is 21.6 Å². The predicted molar refractivity (Wildman–Crippen MR) is 90.0 cm³/mol. The van der Waals surface area contributed by atoms with Crippen LogP contribution in [-0.2, 0) is 6.42 Å².